The molecule has 23 heavy (non-hydrogen) atoms. The lowest BCUT2D eigenvalue weighted by molar-refractivity contribution is -0.139. The predicted molar refractivity (Wildman–Crippen MR) is 89.2 cm³/mol. The minimum absolute atomic E-state index is 0.00180. The zero-order valence-corrected chi connectivity index (χ0v) is 14.1. The summed E-state index contributed by atoms with van der Waals surface area (Å²) in [5.74, 6) is -0.520. The van der Waals surface area contributed by atoms with E-state index in [-0.39, 0.29) is 12.5 Å². The zero-order chi connectivity index (χ0) is 17.0. The highest BCUT2D eigenvalue weighted by Crippen LogP contribution is 2.22. The largest absolute Gasteiger partial charge is 0.482 e. The fourth-order valence-corrected chi connectivity index (χ4v) is 2.97. The molecule has 0 bridgehead atoms. The van der Waals surface area contributed by atoms with Crippen LogP contribution in [0, 0.1) is 13.8 Å². The first-order chi connectivity index (χ1) is 10.9. The smallest absolute Gasteiger partial charge is 0.341 e. The van der Waals surface area contributed by atoms with Crippen molar-refractivity contribution in [3.05, 3.63) is 51.2 Å². The Bertz CT molecular complexity index is 706. The van der Waals surface area contributed by atoms with Gasteiger partial charge in [-0.2, -0.15) is 0 Å². The molecule has 1 heterocycles. The van der Waals surface area contributed by atoms with Crippen LogP contribution in [0.5, 0.6) is 5.75 Å². The molecule has 0 saturated heterocycles. The van der Waals surface area contributed by atoms with Crippen molar-refractivity contribution in [1.82, 2.24) is 4.90 Å². The number of carbonyl (C=O) groups is 2. The first kappa shape index (κ1) is 17.0. The highest BCUT2D eigenvalue weighted by molar-refractivity contribution is 7.10. The van der Waals surface area contributed by atoms with Crippen LogP contribution in [-0.4, -0.2) is 35.5 Å². The lowest BCUT2D eigenvalue weighted by Gasteiger charge is -2.17. The van der Waals surface area contributed by atoms with Gasteiger partial charge in [0, 0.05) is 23.8 Å². The summed E-state index contributed by atoms with van der Waals surface area (Å²) in [5, 5.41) is 10.5. The van der Waals surface area contributed by atoms with Crippen LogP contribution in [0.4, 0.5) is 0 Å². The van der Waals surface area contributed by atoms with E-state index in [1.165, 1.54) is 0 Å². The van der Waals surface area contributed by atoms with Crippen LogP contribution >= 0.6 is 11.3 Å². The van der Waals surface area contributed by atoms with Crippen molar-refractivity contribution in [2.75, 3.05) is 13.7 Å². The molecule has 2 aromatic rings. The van der Waals surface area contributed by atoms with Gasteiger partial charge in [0.05, 0.1) is 5.56 Å². The fraction of sp³-hybridized carbons (Fsp3) is 0.294. The number of hydrogen-bond acceptors (Lipinski definition) is 4. The SMILES string of the molecule is Cc1scc(C(=O)N(C)Cc2ccc(OCC(=O)O)cc2)c1C. The number of amides is 1. The van der Waals surface area contributed by atoms with Crippen LogP contribution in [0.3, 0.4) is 0 Å². The number of carboxylic acid groups (broad SMARTS) is 1. The molecule has 2 rings (SSSR count). The number of aryl methyl sites for hydroxylation is 1. The molecule has 0 radical (unpaired) electrons. The van der Waals surface area contributed by atoms with Gasteiger partial charge in [-0.15, -0.1) is 11.3 Å². The Morgan fingerprint density at radius 1 is 1.22 bits per heavy atom. The van der Waals surface area contributed by atoms with Crippen molar-refractivity contribution in [2.45, 2.75) is 20.4 Å². The van der Waals surface area contributed by atoms with Crippen LogP contribution in [0.15, 0.2) is 29.6 Å². The van der Waals surface area contributed by atoms with Gasteiger partial charge in [-0.1, -0.05) is 12.1 Å². The van der Waals surface area contributed by atoms with Crippen molar-refractivity contribution >= 4 is 23.2 Å². The standard InChI is InChI=1S/C17H19NO4S/c1-11-12(2)23-10-15(11)17(21)18(3)8-13-4-6-14(7-5-13)22-9-16(19)20/h4-7,10H,8-9H2,1-3H3,(H,19,20). The summed E-state index contributed by atoms with van der Waals surface area (Å²) >= 11 is 1.58. The van der Waals surface area contributed by atoms with Gasteiger partial charge in [-0.3, -0.25) is 4.79 Å². The van der Waals surface area contributed by atoms with Gasteiger partial charge in [0.1, 0.15) is 5.75 Å². The lowest BCUT2D eigenvalue weighted by atomic mass is 10.1. The number of thiophene rings is 1. The maximum atomic E-state index is 12.5. The van der Waals surface area contributed by atoms with Crippen LogP contribution in [-0.2, 0) is 11.3 Å². The molecule has 1 amide bonds. The van der Waals surface area contributed by atoms with Crippen molar-refractivity contribution in [3.63, 3.8) is 0 Å². The van der Waals surface area contributed by atoms with Crippen LogP contribution < -0.4 is 4.74 Å². The molecule has 0 aliphatic heterocycles. The molecule has 0 aliphatic rings. The number of benzene rings is 1. The van der Waals surface area contributed by atoms with Crippen molar-refractivity contribution in [1.29, 1.82) is 0 Å². The summed E-state index contributed by atoms with van der Waals surface area (Å²) in [5.41, 5.74) is 2.73. The van der Waals surface area contributed by atoms with Gasteiger partial charge >= 0.3 is 5.97 Å². The molecule has 0 fully saturated rings. The Morgan fingerprint density at radius 3 is 2.39 bits per heavy atom. The quantitative estimate of drug-likeness (QED) is 0.882. The molecule has 0 unspecified atom stereocenters. The number of ether oxygens (including phenoxy) is 1. The monoisotopic (exact) mass is 333 g/mol. The van der Waals surface area contributed by atoms with E-state index in [0.717, 1.165) is 21.6 Å². The van der Waals surface area contributed by atoms with Crippen molar-refractivity contribution in [3.8, 4) is 5.75 Å². The second-order valence-electron chi connectivity index (χ2n) is 5.32. The third-order valence-corrected chi connectivity index (χ3v) is 4.58. The Balaban J connectivity index is 1.99. The van der Waals surface area contributed by atoms with E-state index in [9.17, 15) is 9.59 Å². The highest BCUT2D eigenvalue weighted by Gasteiger charge is 2.16. The predicted octanol–water partition coefficient (Wildman–Crippen LogP) is 3.10. The Morgan fingerprint density at radius 2 is 1.87 bits per heavy atom. The summed E-state index contributed by atoms with van der Waals surface area (Å²) in [6.45, 7) is 4.08. The van der Waals surface area contributed by atoms with Gasteiger partial charge in [-0.05, 0) is 37.1 Å². The normalized spacial score (nSPS) is 10.4. The molecule has 1 N–H and O–H groups in total. The van der Waals surface area contributed by atoms with Crippen molar-refractivity contribution < 1.29 is 19.4 Å². The van der Waals surface area contributed by atoms with E-state index < -0.39 is 5.97 Å². The Kier molecular flexibility index (Phi) is 5.39. The maximum Gasteiger partial charge on any atom is 0.341 e. The highest BCUT2D eigenvalue weighted by atomic mass is 32.1. The van der Waals surface area contributed by atoms with Crippen molar-refractivity contribution in [2.24, 2.45) is 0 Å². The van der Waals surface area contributed by atoms with E-state index in [4.69, 9.17) is 9.84 Å². The van der Waals surface area contributed by atoms with Crippen LogP contribution in [0.25, 0.3) is 0 Å². The summed E-state index contributed by atoms with van der Waals surface area (Å²) in [7, 11) is 1.77. The molecule has 0 atom stereocenters. The molecular weight excluding hydrogens is 314 g/mol. The van der Waals surface area contributed by atoms with Gasteiger partial charge < -0.3 is 14.7 Å². The number of aliphatic carboxylic acids is 1. The number of nitrogens with zero attached hydrogens (tertiary/aromatic N) is 1. The summed E-state index contributed by atoms with van der Waals surface area (Å²) in [4.78, 5) is 25.7. The minimum atomic E-state index is -1.01. The van der Waals surface area contributed by atoms with E-state index >= 15 is 0 Å². The van der Waals surface area contributed by atoms with Gasteiger partial charge in [0.2, 0.25) is 0 Å². The number of rotatable bonds is 6. The van der Waals surface area contributed by atoms with Gasteiger partial charge in [-0.25, -0.2) is 4.79 Å². The molecule has 6 heteroatoms. The van der Waals surface area contributed by atoms with E-state index in [1.54, 1.807) is 35.4 Å². The topological polar surface area (TPSA) is 66.8 Å². The molecule has 5 nitrogen and oxygen atoms in total. The molecule has 1 aromatic heterocycles. The zero-order valence-electron chi connectivity index (χ0n) is 13.3. The second-order valence-corrected chi connectivity index (χ2v) is 6.40. The minimum Gasteiger partial charge on any atom is -0.482 e. The summed E-state index contributed by atoms with van der Waals surface area (Å²) in [6, 6.07) is 7.06. The third-order valence-electron chi connectivity index (χ3n) is 3.57. The average molecular weight is 333 g/mol. The van der Waals surface area contributed by atoms with Crippen LogP contribution in [0.2, 0.25) is 0 Å². The molecular formula is C17H19NO4S. The second kappa shape index (κ2) is 7.28. The maximum absolute atomic E-state index is 12.5. The fourth-order valence-electron chi connectivity index (χ4n) is 2.11. The molecule has 0 spiro atoms. The van der Waals surface area contributed by atoms with E-state index in [1.807, 2.05) is 31.4 Å². The lowest BCUT2D eigenvalue weighted by Crippen LogP contribution is -2.26. The number of carbonyl (C=O) groups excluding carboxylic acids is 1. The summed E-state index contributed by atoms with van der Waals surface area (Å²) < 4.78 is 5.08. The van der Waals surface area contributed by atoms with E-state index in [0.29, 0.717) is 12.3 Å². The average Bonchev–Trinajstić information content (AvgIpc) is 2.85. The Labute approximate surface area is 139 Å². The first-order valence-corrected chi connectivity index (χ1v) is 8.00. The van der Waals surface area contributed by atoms with Crippen LogP contribution in [0.1, 0.15) is 26.4 Å². The van der Waals surface area contributed by atoms with Gasteiger partial charge in [0.15, 0.2) is 6.61 Å². The molecule has 122 valence electrons. The van der Waals surface area contributed by atoms with E-state index in [2.05, 4.69) is 0 Å². The summed E-state index contributed by atoms with van der Waals surface area (Å²) in [6.07, 6.45) is 0. The first-order valence-electron chi connectivity index (χ1n) is 7.12. The molecule has 0 aliphatic carbocycles. The Hall–Kier alpha value is -2.34. The van der Waals surface area contributed by atoms with Gasteiger partial charge in [0.25, 0.3) is 5.91 Å². The molecule has 0 saturated carbocycles. The molecule has 1 aromatic carbocycles. The number of carboxylic acids is 1. The number of hydrogen-bond donors (Lipinski definition) is 1. The third kappa shape index (κ3) is 4.32.